The van der Waals surface area contributed by atoms with Gasteiger partial charge < -0.3 is 9.84 Å². The van der Waals surface area contributed by atoms with Crippen LogP contribution in [0.2, 0.25) is 0 Å². The molecule has 0 spiro atoms. The Bertz CT molecular complexity index is 852. The van der Waals surface area contributed by atoms with E-state index in [1.54, 1.807) is 48.5 Å². The van der Waals surface area contributed by atoms with E-state index >= 15 is 0 Å². The standard InChI is InChI=1S/C20H17NO5/c22-18(23)9-4-12-26-15-6-3-5-14(13-15)10-11-21-19(24)16-7-1-2-8-17(16)20(21)25/h1-3,5-8,10-11,13H,4,9,12H2,(H,22,23)/b11-10+. The van der Waals surface area contributed by atoms with Gasteiger partial charge in [0.15, 0.2) is 0 Å². The molecular formula is C20H17NO5. The van der Waals surface area contributed by atoms with Gasteiger partial charge in [-0.1, -0.05) is 24.3 Å². The number of rotatable bonds is 7. The first kappa shape index (κ1) is 17.4. The molecule has 0 atom stereocenters. The van der Waals surface area contributed by atoms with Gasteiger partial charge in [-0.2, -0.15) is 0 Å². The van der Waals surface area contributed by atoms with Gasteiger partial charge in [-0.3, -0.25) is 14.4 Å². The lowest BCUT2D eigenvalue weighted by Crippen LogP contribution is -2.23. The molecule has 1 heterocycles. The Labute approximate surface area is 150 Å². The minimum absolute atomic E-state index is 0.0549. The highest BCUT2D eigenvalue weighted by Crippen LogP contribution is 2.23. The van der Waals surface area contributed by atoms with Crippen molar-refractivity contribution in [2.24, 2.45) is 0 Å². The third kappa shape index (κ3) is 3.80. The first-order valence-electron chi connectivity index (χ1n) is 8.16. The second kappa shape index (κ2) is 7.65. The summed E-state index contributed by atoms with van der Waals surface area (Å²) in [5.41, 5.74) is 1.56. The Morgan fingerprint density at radius 2 is 1.73 bits per heavy atom. The molecule has 6 heteroatoms. The van der Waals surface area contributed by atoms with Crippen LogP contribution < -0.4 is 4.74 Å². The zero-order valence-electron chi connectivity index (χ0n) is 13.9. The van der Waals surface area contributed by atoms with Gasteiger partial charge in [0.05, 0.1) is 17.7 Å². The first-order chi connectivity index (χ1) is 12.6. The molecule has 0 saturated carbocycles. The second-order valence-corrected chi connectivity index (χ2v) is 5.76. The number of imide groups is 1. The molecule has 6 nitrogen and oxygen atoms in total. The molecule has 0 aliphatic carbocycles. The normalized spacial score (nSPS) is 13.3. The van der Waals surface area contributed by atoms with Gasteiger partial charge in [0.1, 0.15) is 5.75 Å². The molecule has 1 aliphatic rings. The van der Waals surface area contributed by atoms with E-state index < -0.39 is 5.97 Å². The lowest BCUT2D eigenvalue weighted by atomic mass is 10.1. The zero-order valence-corrected chi connectivity index (χ0v) is 13.9. The number of hydrogen-bond donors (Lipinski definition) is 1. The Morgan fingerprint density at radius 1 is 1.04 bits per heavy atom. The molecular weight excluding hydrogens is 334 g/mol. The summed E-state index contributed by atoms with van der Waals surface area (Å²) in [5, 5.41) is 8.61. The maximum Gasteiger partial charge on any atom is 0.303 e. The van der Waals surface area contributed by atoms with Gasteiger partial charge in [-0.15, -0.1) is 0 Å². The molecule has 26 heavy (non-hydrogen) atoms. The lowest BCUT2D eigenvalue weighted by molar-refractivity contribution is -0.137. The average Bonchev–Trinajstić information content (AvgIpc) is 2.88. The number of ether oxygens (including phenoxy) is 1. The summed E-state index contributed by atoms with van der Waals surface area (Å²) in [6.07, 6.45) is 3.59. The summed E-state index contributed by atoms with van der Waals surface area (Å²) < 4.78 is 5.52. The summed E-state index contributed by atoms with van der Waals surface area (Å²) in [7, 11) is 0. The van der Waals surface area contributed by atoms with E-state index in [4.69, 9.17) is 9.84 Å². The van der Waals surface area contributed by atoms with Crippen LogP contribution in [0.3, 0.4) is 0 Å². The number of carboxylic acid groups (broad SMARTS) is 1. The minimum Gasteiger partial charge on any atom is -0.494 e. The monoisotopic (exact) mass is 351 g/mol. The molecule has 0 unspecified atom stereocenters. The second-order valence-electron chi connectivity index (χ2n) is 5.76. The average molecular weight is 351 g/mol. The lowest BCUT2D eigenvalue weighted by Gasteiger charge is -2.08. The summed E-state index contributed by atoms with van der Waals surface area (Å²) in [6.45, 7) is 0.303. The molecule has 3 rings (SSSR count). The quantitative estimate of drug-likeness (QED) is 0.612. The highest BCUT2D eigenvalue weighted by molar-refractivity contribution is 6.22. The number of carbonyl (C=O) groups excluding carboxylic acids is 2. The molecule has 2 aromatic rings. The molecule has 0 radical (unpaired) electrons. The van der Waals surface area contributed by atoms with Gasteiger partial charge in [-0.25, -0.2) is 4.90 Å². The number of hydrogen-bond acceptors (Lipinski definition) is 4. The van der Waals surface area contributed by atoms with Crippen molar-refractivity contribution >= 4 is 23.9 Å². The van der Waals surface area contributed by atoms with Crippen molar-refractivity contribution in [3.8, 4) is 5.75 Å². The van der Waals surface area contributed by atoms with E-state index in [0.717, 1.165) is 10.5 Å². The molecule has 1 N–H and O–H groups in total. The SMILES string of the molecule is O=C(O)CCCOc1cccc(/C=C/N2C(=O)c3ccccc3C2=O)c1. The van der Waals surface area contributed by atoms with Crippen LogP contribution in [-0.4, -0.2) is 34.4 Å². The third-order valence-corrected chi connectivity index (χ3v) is 3.90. The van der Waals surface area contributed by atoms with Gasteiger partial charge in [0.25, 0.3) is 11.8 Å². The number of fused-ring (bicyclic) bond motifs is 1. The number of benzene rings is 2. The Kier molecular flexibility index (Phi) is 5.12. The maximum atomic E-state index is 12.3. The highest BCUT2D eigenvalue weighted by Gasteiger charge is 2.33. The predicted octanol–water partition coefficient (Wildman–Crippen LogP) is 3.20. The van der Waals surface area contributed by atoms with Crippen LogP contribution in [0.25, 0.3) is 6.08 Å². The number of amides is 2. The van der Waals surface area contributed by atoms with Gasteiger partial charge in [0.2, 0.25) is 0 Å². The van der Waals surface area contributed by atoms with Crippen LogP contribution in [0, 0.1) is 0 Å². The van der Waals surface area contributed by atoms with Crippen LogP contribution in [0.4, 0.5) is 0 Å². The van der Waals surface area contributed by atoms with Crippen LogP contribution in [0.1, 0.15) is 39.1 Å². The summed E-state index contributed by atoms with van der Waals surface area (Å²) in [5.74, 6) is -0.947. The van der Waals surface area contributed by atoms with Crippen molar-refractivity contribution in [1.29, 1.82) is 0 Å². The van der Waals surface area contributed by atoms with E-state index in [1.807, 2.05) is 6.07 Å². The molecule has 0 bridgehead atoms. The van der Waals surface area contributed by atoms with Gasteiger partial charge in [-0.05, 0) is 42.3 Å². The minimum atomic E-state index is -0.855. The number of nitrogens with zero attached hydrogens (tertiary/aromatic N) is 1. The molecule has 2 aromatic carbocycles. The molecule has 0 fully saturated rings. The fraction of sp³-hybridized carbons (Fsp3) is 0.150. The third-order valence-electron chi connectivity index (χ3n) is 3.90. The topological polar surface area (TPSA) is 83.9 Å². The molecule has 0 saturated heterocycles. The number of aliphatic carboxylic acids is 1. The van der Waals surface area contributed by atoms with Crippen molar-refractivity contribution in [3.05, 3.63) is 71.4 Å². The number of carboxylic acids is 1. The van der Waals surface area contributed by atoms with Gasteiger partial charge >= 0.3 is 5.97 Å². The summed E-state index contributed by atoms with van der Waals surface area (Å²) in [4.78, 5) is 36.2. The Morgan fingerprint density at radius 3 is 2.38 bits per heavy atom. The van der Waals surface area contributed by atoms with Crippen molar-refractivity contribution in [2.75, 3.05) is 6.61 Å². The fourth-order valence-electron chi connectivity index (χ4n) is 2.63. The molecule has 2 amide bonds. The molecule has 0 aromatic heterocycles. The van der Waals surface area contributed by atoms with E-state index in [1.165, 1.54) is 6.20 Å². The van der Waals surface area contributed by atoms with E-state index in [0.29, 0.717) is 29.9 Å². The van der Waals surface area contributed by atoms with Crippen molar-refractivity contribution in [2.45, 2.75) is 12.8 Å². The van der Waals surface area contributed by atoms with Gasteiger partial charge in [0, 0.05) is 12.6 Å². The van der Waals surface area contributed by atoms with Crippen molar-refractivity contribution in [3.63, 3.8) is 0 Å². The fourth-order valence-corrected chi connectivity index (χ4v) is 2.63. The summed E-state index contributed by atoms with van der Waals surface area (Å²) in [6, 6.07) is 13.8. The largest absolute Gasteiger partial charge is 0.494 e. The van der Waals surface area contributed by atoms with Crippen LogP contribution in [0.5, 0.6) is 5.75 Å². The number of carbonyl (C=O) groups is 3. The molecule has 1 aliphatic heterocycles. The predicted molar refractivity (Wildman–Crippen MR) is 94.8 cm³/mol. The maximum absolute atomic E-state index is 12.3. The van der Waals surface area contributed by atoms with E-state index in [2.05, 4.69) is 0 Å². The zero-order chi connectivity index (χ0) is 18.5. The van der Waals surface area contributed by atoms with Crippen LogP contribution in [0.15, 0.2) is 54.7 Å². The van der Waals surface area contributed by atoms with Crippen molar-refractivity contribution < 1.29 is 24.2 Å². The van der Waals surface area contributed by atoms with Crippen LogP contribution >= 0.6 is 0 Å². The smallest absolute Gasteiger partial charge is 0.303 e. The Hall–Kier alpha value is -3.41. The Balaban J connectivity index is 1.66. The van der Waals surface area contributed by atoms with E-state index in [9.17, 15) is 14.4 Å². The molecule has 132 valence electrons. The van der Waals surface area contributed by atoms with Crippen molar-refractivity contribution in [1.82, 2.24) is 4.90 Å². The van der Waals surface area contributed by atoms with E-state index in [-0.39, 0.29) is 18.2 Å². The highest BCUT2D eigenvalue weighted by atomic mass is 16.5. The summed E-state index contributed by atoms with van der Waals surface area (Å²) >= 11 is 0. The van der Waals surface area contributed by atoms with Crippen LogP contribution in [-0.2, 0) is 4.79 Å². The first-order valence-corrected chi connectivity index (χ1v) is 8.16.